The van der Waals surface area contributed by atoms with Gasteiger partial charge in [0.15, 0.2) is 0 Å². The molecule has 0 N–H and O–H groups in total. The zero-order valence-electron chi connectivity index (χ0n) is 30.0. The summed E-state index contributed by atoms with van der Waals surface area (Å²) in [7, 11) is -4.59. The van der Waals surface area contributed by atoms with E-state index in [0.29, 0.717) is 20.2 Å². The van der Waals surface area contributed by atoms with Crippen LogP contribution in [-0.2, 0) is 0 Å². The van der Waals surface area contributed by atoms with Crippen LogP contribution in [0.5, 0.6) is 0 Å². The molecule has 0 amide bonds. The van der Waals surface area contributed by atoms with Crippen LogP contribution in [0.25, 0.3) is 4.41 Å². The topological polar surface area (TPSA) is 0 Å². The van der Waals surface area contributed by atoms with Crippen LogP contribution in [-0.4, -0.2) is 58.4 Å². The Morgan fingerprint density at radius 2 is 1.00 bits per heavy atom. The summed E-state index contributed by atoms with van der Waals surface area (Å²) in [5.41, 5.74) is 4.76. The molecule has 2 rings (SSSR count). The Morgan fingerprint density at radius 1 is 0.641 bits per heavy atom. The van der Waals surface area contributed by atoms with E-state index in [1.165, 1.54) is 0 Å². The first-order chi connectivity index (χ1) is 17.0. The van der Waals surface area contributed by atoms with Crippen LogP contribution in [0.2, 0.25) is 72.5 Å². The summed E-state index contributed by atoms with van der Waals surface area (Å²) in [5.74, 6) is -0.384. The van der Waals surface area contributed by atoms with E-state index in [2.05, 4.69) is 171 Å². The van der Waals surface area contributed by atoms with Crippen molar-refractivity contribution in [3.05, 3.63) is 41.6 Å². The summed E-state index contributed by atoms with van der Waals surface area (Å²) in [6.07, 6.45) is 0. The van der Waals surface area contributed by atoms with Gasteiger partial charge in [-0.1, -0.05) is 33.9 Å². The first kappa shape index (κ1) is 37.8. The molecule has 1 heterocycles. The van der Waals surface area contributed by atoms with Crippen LogP contribution in [0.4, 0.5) is 0 Å². The van der Waals surface area contributed by atoms with Gasteiger partial charge in [-0.2, -0.15) is 0 Å². The molecule has 0 aliphatic carbocycles. The minimum atomic E-state index is -1.64. The second kappa shape index (κ2) is 12.1. The molecule has 2 radical (unpaired) electrons. The zero-order chi connectivity index (χ0) is 31.3. The maximum Gasteiger partial charge on any atom is 0.0470 e. The number of benzene rings is 1. The molecule has 39 heavy (non-hydrogen) atoms. The van der Waals surface area contributed by atoms with Gasteiger partial charge in [-0.25, -0.2) is 0 Å². The van der Waals surface area contributed by atoms with Gasteiger partial charge in [-0.3, -0.25) is 0 Å². The molecule has 222 valence electrons. The SMILES string of the molecule is CC(C)(C)[Si](C)(C)[Si]1=[Ge][C](c2ccccc2)=C[Si]1([Si](C)(C)C(C)(C)C)[Si](C)(C)C(C)(C)C.C[Si](C)C(C)(C)C. The normalized spacial score (nSPS) is 17.5. The summed E-state index contributed by atoms with van der Waals surface area (Å²) in [4.78, 5) is 0. The molecule has 7 heteroatoms. The molecular weight excluding hydrogens is 625 g/mol. The van der Waals surface area contributed by atoms with E-state index in [4.69, 9.17) is 0 Å². The van der Waals surface area contributed by atoms with Gasteiger partial charge in [0.1, 0.15) is 0 Å². The van der Waals surface area contributed by atoms with E-state index < -0.39 is 29.4 Å². The number of hydrogen-bond acceptors (Lipinski definition) is 0. The van der Waals surface area contributed by atoms with Crippen LogP contribution in [0.15, 0.2) is 36.0 Å². The van der Waals surface area contributed by atoms with E-state index in [9.17, 15) is 0 Å². The predicted molar refractivity (Wildman–Crippen MR) is 200 cm³/mol. The molecule has 1 aromatic carbocycles. The molecule has 1 aliphatic heterocycles. The fraction of sp³-hybridized carbons (Fsp3) is 0.750. The average Bonchev–Trinajstić information content (AvgIpc) is 3.15. The average molecular weight is 692 g/mol. The van der Waals surface area contributed by atoms with Crippen molar-refractivity contribution in [1.82, 2.24) is 0 Å². The van der Waals surface area contributed by atoms with Crippen molar-refractivity contribution in [2.75, 3.05) is 0 Å². The van der Waals surface area contributed by atoms with E-state index in [-0.39, 0.29) is 29.0 Å². The third-order valence-corrected chi connectivity index (χ3v) is 137. The second-order valence-corrected chi connectivity index (χ2v) is 78.3. The van der Waals surface area contributed by atoms with Gasteiger partial charge in [0, 0.05) is 8.80 Å². The van der Waals surface area contributed by atoms with Crippen LogP contribution >= 0.6 is 0 Å². The van der Waals surface area contributed by atoms with Gasteiger partial charge >= 0.3 is 212 Å². The maximum atomic E-state index is 3.17. The van der Waals surface area contributed by atoms with Gasteiger partial charge in [-0.15, -0.1) is 0 Å². The van der Waals surface area contributed by atoms with Crippen molar-refractivity contribution in [3.8, 4) is 0 Å². The minimum absolute atomic E-state index is 0.0502. The summed E-state index contributed by atoms with van der Waals surface area (Å²) >= 11 is -0.0673. The molecule has 1 aliphatic rings. The molecule has 0 unspecified atom stereocenters. The van der Waals surface area contributed by atoms with Gasteiger partial charge in [-0.05, 0) is 5.04 Å². The first-order valence-corrected chi connectivity index (χ1v) is 38.5. The summed E-state index contributed by atoms with van der Waals surface area (Å²) in [5, 5.41) is 2.02. The predicted octanol–water partition coefficient (Wildman–Crippen LogP) is 11.1. The first-order valence-electron chi connectivity index (χ1n) is 15.2. The molecule has 0 fully saturated rings. The van der Waals surface area contributed by atoms with E-state index in [1.54, 1.807) is 5.56 Å². The maximum absolute atomic E-state index is 3.17. The molecule has 0 saturated carbocycles. The van der Waals surface area contributed by atoms with E-state index in [0.717, 1.165) is 0 Å². The summed E-state index contributed by atoms with van der Waals surface area (Å²) in [6, 6.07) is 11.6. The molecule has 0 spiro atoms. The van der Waals surface area contributed by atoms with Gasteiger partial charge in [0.25, 0.3) is 0 Å². The van der Waals surface area contributed by atoms with Gasteiger partial charge < -0.3 is 0 Å². The number of rotatable bonds is 4. The Hall–Kier alpha value is 0.804. The van der Waals surface area contributed by atoms with Crippen LogP contribution in [0, 0.1) is 0 Å². The molecule has 0 atom stereocenters. The fourth-order valence-electron chi connectivity index (χ4n) is 5.31. The Bertz CT molecular complexity index is 1010. The standard InChI is InChI=1S/C26H51GeSi5.C6H15Si/c1-24(2,3)29(10,11)28-27-23(22-19-17-16-18-20-22)21-32(28,30(12,13)25(4,5)6)31(14,15)26(7,8)9;1-6(2,3)7(4)5/h16-21H,1-15H3;1-5H3. The van der Waals surface area contributed by atoms with Crippen molar-refractivity contribution in [3.63, 3.8) is 0 Å². The summed E-state index contributed by atoms with van der Waals surface area (Å²) in [6.45, 7) is 50.7. The Labute approximate surface area is 258 Å². The Morgan fingerprint density at radius 3 is 1.28 bits per heavy atom. The summed E-state index contributed by atoms with van der Waals surface area (Å²) < 4.78 is 1.88. The van der Waals surface area contributed by atoms with Crippen molar-refractivity contribution in [2.24, 2.45) is 0 Å². The molecule has 1 aromatic rings. The second-order valence-electron chi connectivity index (χ2n) is 18.1. The number of hydrogen-bond donors (Lipinski definition) is 0. The van der Waals surface area contributed by atoms with Crippen molar-refractivity contribution in [2.45, 2.75) is 156 Å². The van der Waals surface area contributed by atoms with E-state index >= 15 is 0 Å². The van der Waals surface area contributed by atoms with Crippen molar-refractivity contribution < 1.29 is 0 Å². The van der Waals surface area contributed by atoms with Crippen molar-refractivity contribution in [1.29, 1.82) is 0 Å². The van der Waals surface area contributed by atoms with Gasteiger partial charge in [0.2, 0.25) is 0 Å². The molecule has 0 bridgehead atoms. The third-order valence-electron chi connectivity index (χ3n) is 11.8. The Balaban J connectivity index is 0.000000956. The molecular formula is C32H66GeSi6. The Kier molecular flexibility index (Phi) is 11.7. The fourth-order valence-corrected chi connectivity index (χ4v) is 198. The van der Waals surface area contributed by atoms with Crippen molar-refractivity contribution >= 4 is 62.8 Å². The monoisotopic (exact) mass is 692 g/mol. The van der Waals surface area contributed by atoms with Gasteiger partial charge in [0.05, 0.1) is 0 Å². The molecule has 0 aromatic heterocycles. The van der Waals surface area contributed by atoms with Crippen LogP contribution < -0.4 is 0 Å². The van der Waals surface area contributed by atoms with E-state index in [1.807, 2.05) is 4.41 Å². The van der Waals surface area contributed by atoms with Crippen LogP contribution in [0.3, 0.4) is 0 Å². The smallest absolute Gasteiger partial charge is 0.0470 e. The third kappa shape index (κ3) is 7.31. The zero-order valence-corrected chi connectivity index (χ0v) is 38.1. The molecule has 0 saturated heterocycles. The molecule has 0 nitrogen and oxygen atoms in total. The quantitative estimate of drug-likeness (QED) is 0.276. The largest absolute Gasteiger partial charge is 0.0709 e. The minimum Gasteiger partial charge on any atom is -0.0709 e. The van der Waals surface area contributed by atoms with Crippen LogP contribution in [0.1, 0.15) is 88.6 Å².